The molecule has 0 unspecified atom stereocenters. The quantitative estimate of drug-likeness (QED) is 0.855. The Morgan fingerprint density at radius 3 is 2.61 bits per heavy atom. The van der Waals surface area contributed by atoms with Crippen molar-refractivity contribution in [3.05, 3.63) is 65.5 Å². The van der Waals surface area contributed by atoms with Crippen molar-refractivity contribution < 1.29 is 13.9 Å². The van der Waals surface area contributed by atoms with Gasteiger partial charge in [0.05, 0.1) is 18.8 Å². The van der Waals surface area contributed by atoms with Crippen LogP contribution in [0.2, 0.25) is 0 Å². The highest BCUT2D eigenvalue weighted by atomic mass is 19.1. The van der Waals surface area contributed by atoms with Gasteiger partial charge in [-0.25, -0.2) is 4.39 Å². The molecule has 1 aliphatic heterocycles. The summed E-state index contributed by atoms with van der Waals surface area (Å²) in [5, 5.41) is 3.29. The Morgan fingerprint density at radius 2 is 1.82 bits per heavy atom. The van der Waals surface area contributed by atoms with Crippen LogP contribution >= 0.6 is 0 Å². The van der Waals surface area contributed by atoms with E-state index in [-0.39, 0.29) is 17.8 Å². The van der Waals surface area contributed by atoms with Crippen LogP contribution < -0.4 is 10.2 Å². The average molecular weight is 382 g/mol. The Hall–Kier alpha value is -2.40. The van der Waals surface area contributed by atoms with E-state index < -0.39 is 0 Å². The fourth-order valence-corrected chi connectivity index (χ4v) is 4.39. The van der Waals surface area contributed by atoms with Gasteiger partial charge in [0.2, 0.25) is 0 Å². The summed E-state index contributed by atoms with van der Waals surface area (Å²) in [5.74, 6) is 0.183. The van der Waals surface area contributed by atoms with Crippen LogP contribution in [0, 0.1) is 11.7 Å². The van der Waals surface area contributed by atoms with Gasteiger partial charge in [0.15, 0.2) is 0 Å². The lowest BCUT2D eigenvalue weighted by atomic mass is 9.94. The van der Waals surface area contributed by atoms with Crippen molar-refractivity contribution in [2.45, 2.75) is 31.7 Å². The molecule has 4 rings (SSSR count). The van der Waals surface area contributed by atoms with Crippen LogP contribution in [0.25, 0.3) is 0 Å². The Kier molecular flexibility index (Phi) is 5.91. The standard InChI is InChI=1S/C23H27FN2O2/c24-19-10-8-17(9-11-19)16-18-4-3-6-21(18)25-23(27)20-5-1-2-7-22(20)26-12-14-28-15-13-26/h1-2,5,7-11,18,21H,3-4,6,12-16H2,(H,25,27)/t18-,21-/m0/s1. The molecular formula is C23H27FN2O2. The third-order valence-corrected chi connectivity index (χ3v) is 5.89. The summed E-state index contributed by atoms with van der Waals surface area (Å²) in [7, 11) is 0. The first-order chi connectivity index (χ1) is 13.7. The van der Waals surface area contributed by atoms with Crippen molar-refractivity contribution in [3.8, 4) is 0 Å². The lowest BCUT2D eigenvalue weighted by molar-refractivity contribution is 0.0926. The van der Waals surface area contributed by atoms with E-state index in [9.17, 15) is 9.18 Å². The summed E-state index contributed by atoms with van der Waals surface area (Å²) in [6.07, 6.45) is 4.07. The van der Waals surface area contributed by atoms with Crippen LogP contribution in [0.15, 0.2) is 48.5 Å². The molecule has 1 amide bonds. The molecular weight excluding hydrogens is 355 g/mol. The summed E-state index contributed by atoms with van der Waals surface area (Å²) in [6.45, 7) is 3.00. The number of morpholine rings is 1. The highest BCUT2D eigenvalue weighted by Gasteiger charge is 2.30. The second-order valence-corrected chi connectivity index (χ2v) is 7.72. The van der Waals surface area contributed by atoms with Crippen LogP contribution in [0.1, 0.15) is 35.2 Å². The molecule has 0 radical (unpaired) electrons. The van der Waals surface area contributed by atoms with Gasteiger partial charge >= 0.3 is 0 Å². The monoisotopic (exact) mass is 382 g/mol. The van der Waals surface area contributed by atoms with Gasteiger partial charge in [-0.3, -0.25) is 4.79 Å². The molecule has 5 heteroatoms. The molecule has 1 N–H and O–H groups in total. The second-order valence-electron chi connectivity index (χ2n) is 7.72. The number of anilines is 1. The first-order valence-electron chi connectivity index (χ1n) is 10.2. The van der Waals surface area contributed by atoms with Crippen molar-refractivity contribution in [2.75, 3.05) is 31.2 Å². The largest absolute Gasteiger partial charge is 0.378 e. The van der Waals surface area contributed by atoms with Gasteiger partial charge in [-0.1, -0.05) is 30.7 Å². The minimum Gasteiger partial charge on any atom is -0.378 e. The minimum absolute atomic E-state index is 0.00176. The maximum atomic E-state index is 13.2. The van der Waals surface area contributed by atoms with E-state index >= 15 is 0 Å². The predicted molar refractivity (Wildman–Crippen MR) is 108 cm³/mol. The third-order valence-electron chi connectivity index (χ3n) is 5.89. The van der Waals surface area contributed by atoms with Gasteiger partial charge in [0.1, 0.15) is 5.82 Å². The molecule has 4 nitrogen and oxygen atoms in total. The third kappa shape index (κ3) is 4.36. The maximum absolute atomic E-state index is 13.2. The summed E-state index contributed by atoms with van der Waals surface area (Å²) in [4.78, 5) is 15.3. The zero-order chi connectivity index (χ0) is 19.3. The summed E-state index contributed by atoms with van der Waals surface area (Å²) in [6, 6.07) is 14.7. The molecule has 1 heterocycles. The number of carbonyl (C=O) groups is 1. The number of halogens is 1. The molecule has 0 bridgehead atoms. The molecule has 148 valence electrons. The van der Waals surface area contributed by atoms with E-state index in [1.54, 1.807) is 0 Å². The molecule has 2 aromatic carbocycles. The highest BCUT2D eigenvalue weighted by Crippen LogP contribution is 2.30. The molecule has 2 aliphatic rings. The van der Waals surface area contributed by atoms with Crippen molar-refractivity contribution in [3.63, 3.8) is 0 Å². The normalized spacial score (nSPS) is 22.2. The van der Waals surface area contributed by atoms with Crippen molar-refractivity contribution in [1.82, 2.24) is 5.32 Å². The molecule has 0 aromatic heterocycles. The minimum atomic E-state index is -0.209. The topological polar surface area (TPSA) is 41.6 Å². The Bertz CT molecular complexity index is 803. The van der Waals surface area contributed by atoms with E-state index in [2.05, 4.69) is 10.2 Å². The van der Waals surface area contributed by atoms with Gasteiger partial charge in [0.25, 0.3) is 5.91 Å². The summed E-state index contributed by atoms with van der Waals surface area (Å²) < 4.78 is 18.6. The lowest BCUT2D eigenvalue weighted by Gasteiger charge is -2.30. The van der Waals surface area contributed by atoms with Crippen LogP contribution in [0.3, 0.4) is 0 Å². The van der Waals surface area contributed by atoms with E-state index in [0.717, 1.165) is 55.6 Å². The van der Waals surface area contributed by atoms with Gasteiger partial charge in [0, 0.05) is 24.8 Å². The van der Waals surface area contributed by atoms with Crippen LogP contribution in [0.4, 0.5) is 10.1 Å². The first kappa shape index (κ1) is 18.9. The number of para-hydroxylation sites is 1. The number of nitrogens with zero attached hydrogens (tertiary/aromatic N) is 1. The number of carbonyl (C=O) groups excluding carboxylic acids is 1. The number of hydrogen-bond acceptors (Lipinski definition) is 3. The van der Waals surface area contributed by atoms with E-state index in [4.69, 9.17) is 4.74 Å². The number of amides is 1. The summed E-state index contributed by atoms with van der Waals surface area (Å²) in [5.41, 5.74) is 2.84. The smallest absolute Gasteiger partial charge is 0.253 e. The Morgan fingerprint density at radius 1 is 1.07 bits per heavy atom. The first-order valence-corrected chi connectivity index (χ1v) is 10.2. The van der Waals surface area contributed by atoms with E-state index in [0.29, 0.717) is 19.1 Å². The van der Waals surface area contributed by atoms with Gasteiger partial charge in [-0.05, 0) is 55.0 Å². The van der Waals surface area contributed by atoms with Gasteiger partial charge < -0.3 is 15.0 Å². The van der Waals surface area contributed by atoms with Crippen molar-refractivity contribution in [2.24, 2.45) is 5.92 Å². The van der Waals surface area contributed by atoms with Crippen LogP contribution in [-0.2, 0) is 11.2 Å². The predicted octanol–water partition coefficient (Wildman–Crippen LogP) is 3.80. The second kappa shape index (κ2) is 8.74. The van der Waals surface area contributed by atoms with Crippen molar-refractivity contribution in [1.29, 1.82) is 0 Å². The van der Waals surface area contributed by atoms with Gasteiger partial charge in [-0.15, -0.1) is 0 Å². The molecule has 2 atom stereocenters. The number of nitrogens with one attached hydrogen (secondary N) is 1. The van der Waals surface area contributed by atoms with Crippen LogP contribution in [0.5, 0.6) is 0 Å². The molecule has 1 saturated carbocycles. The SMILES string of the molecule is O=C(N[C@H]1CCC[C@H]1Cc1ccc(F)cc1)c1ccccc1N1CCOCC1. The van der Waals surface area contributed by atoms with E-state index in [1.807, 2.05) is 36.4 Å². The maximum Gasteiger partial charge on any atom is 0.253 e. The van der Waals surface area contributed by atoms with Gasteiger partial charge in [-0.2, -0.15) is 0 Å². The fourth-order valence-electron chi connectivity index (χ4n) is 4.39. The molecule has 2 aromatic rings. The number of ether oxygens (including phenoxy) is 1. The molecule has 0 spiro atoms. The number of rotatable bonds is 5. The Labute approximate surface area is 165 Å². The molecule has 28 heavy (non-hydrogen) atoms. The lowest BCUT2D eigenvalue weighted by Crippen LogP contribution is -2.40. The molecule has 1 saturated heterocycles. The average Bonchev–Trinajstić information content (AvgIpc) is 3.17. The number of hydrogen-bond donors (Lipinski definition) is 1. The zero-order valence-electron chi connectivity index (χ0n) is 16.1. The fraction of sp³-hybridized carbons (Fsp3) is 0.435. The molecule has 1 aliphatic carbocycles. The van der Waals surface area contributed by atoms with Crippen LogP contribution in [-0.4, -0.2) is 38.3 Å². The Balaban J connectivity index is 1.45. The summed E-state index contributed by atoms with van der Waals surface area (Å²) >= 11 is 0. The zero-order valence-corrected chi connectivity index (χ0v) is 16.1. The van der Waals surface area contributed by atoms with E-state index in [1.165, 1.54) is 12.1 Å². The number of benzene rings is 2. The molecule has 2 fully saturated rings. The van der Waals surface area contributed by atoms with Crippen molar-refractivity contribution >= 4 is 11.6 Å². The highest BCUT2D eigenvalue weighted by molar-refractivity contribution is 6.00.